The molecule has 1 aliphatic carbocycles. The van der Waals surface area contributed by atoms with Gasteiger partial charge in [0.1, 0.15) is 0 Å². The molecular formula is C11H12ClN3OS. The number of hydrogen-bond acceptors (Lipinski definition) is 5. The Morgan fingerprint density at radius 3 is 3.29 bits per heavy atom. The zero-order valence-corrected chi connectivity index (χ0v) is 10.9. The largest absolute Gasteiger partial charge is 0.338 e. The molecule has 0 aromatic carbocycles. The number of hydrogen-bond donors (Lipinski definition) is 1. The molecule has 0 radical (unpaired) electrons. The molecule has 0 fully saturated rings. The Hall–Kier alpha value is -0.910. The zero-order valence-electron chi connectivity index (χ0n) is 9.36. The van der Waals surface area contributed by atoms with Crippen LogP contribution in [0, 0.1) is 6.92 Å². The van der Waals surface area contributed by atoms with Gasteiger partial charge in [-0.25, -0.2) is 0 Å². The number of rotatable bonds is 3. The summed E-state index contributed by atoms with van der Waals surface area (Å²) in [5, 5.41) is 7.20. The fraction of sp³-hybridized carbons (Fsp3) is 0.455. The van der Waals surface area contributed by atoms with Crippen molar-refractivity contribution in [2.24, 2.45) is 0 Å². The van der Waals surface area contributed by atoms with E-state index in [1.165, 1.54) is 10.4 Å². The van der Waals surface area contributed by atoms with E-state index in [9.17, 15) is 0 Å². The lowest BCUT2D eigenvalue weighted by molar-refractivity contribution is 0.354. The van der Waals surface area contributed by atoms with E-state index in [-0.39, 0.29) is 0 Å². The van der Waals surface area contributed by atoms with Crippen molar-refractivity contribution in [3.05, 3.63) is 32.6 Å². The molecule has 90 valence electrons. The summed E-state index contributed by atoms with van der Waals surface area (Å²) in [5.41, 5.74) is 1.33. The summed E-state index contributed by atoms with van der Waals surface area (Å²) in [5.74, 6) is 1.31. The van der Waals surface area contributed by atoms with Crippen molar-refractivity contribution in [1.29, 1.82) is 0 Å². The molecule has 3 rings (SSSR count). The molecule has 2 aromatic heterocycles. The summed E-state index contributed by atoms with van der Waals surface area (Å²) in [6, 6.07) is 2.42. The number of halogens is 1. The SMILES string of the molecule is Cc1noc(CNC2CCc3sc(Cl)cc32)n1. The number of aryl methyl sites for hydroxylation is 2. The van der Waals surface area contributed by atoms with E-state index >= 15 is 0 Å². The molecule has 0 amide bonds. The Labute approximate surface area is 108 Å². The first-order valence-corrected chi connectivity index (χ1v) is 6.72. The van der Waals surface area contributed by atoms with Gasteiger partial charge in [0.05, 0.1) is 10.9 Å². The van der Waals surface area contributed by atoms with Gasteiger partial charge in [-0.2, -0.15) is 4.98 Å². The monoisotopic (exact) mass is 269 g/mol. The highest BCUT2D eigenvalue weighted by Crippen LogP contribution is 2.39. The van der Waals surface area contributed by atoms with Gasteiger partial charge < -0.3 is 9.84 Å². The third kappa shape index (κ3) is 2.22. The van der Waals surface area contributed by atoms with Crippen LogP contribution in [-0.2, 0) is 13.0 Å². The average Bonchev–Trinajstić information content (AvgIpc) is 2.92. The van der Waals surface area contributed by atoms with Crippen LogP contribution in [0.5, 0.6) is 0 Å². The number of fused-ring (bicyclic) bond motifs is 1. The van der Waals surface area contributed by atoms with Crippen LogP contribution in [0.15, 0.2) is 10.6 Å². The fourth-order valence-corrected chi connectivity index (χ4v) is 3.52. The number of nitrogens with one attached hydrogen (secondary N) is 1. The Balaban J connectivity index is 1.67. The van der Waals surface area contributed by atoms with Crippen LogP contribution in [0.2, 0.25) is 4.34 Å². The fourth-order valence-electron chi connectivity index (χ4n) is 2.16. The normalized spacial score (nSPS) is 18.6. The summed E-state index contributed by atoms with van der Waals surface area (Å²) in [4.78, 5) is 5.57. The molecule has 1 aliphatic rings. The van der Waals surface area contributed by atoms with Crippen molar-refractivity contribution in [2.45, 2.75) is 32.4 Å². The van der Waals surface area contributed by atoms with E-state index in [4.69, 9.17) is 16.1 Å². The lowest BCUT2D eigenvalue weighted by Crippen LogP contribution is -2.18. The third-order valence-electron chi connectivity index (χ3n) is 2.92. The molecule has 0 aliphatic heterocycles. The summed E-state index contributed by atoms with van der Waals surface area (Å²) in [6.07, 6.45) is 2.22. The van der Waals surface area contributed by atoms with Crippen LogP contribution in [0.1, 0.15) is 34.6 Å². The Kier molecular flexibility index (Phi) is 2.90. The Morgan fingerprint density at radius 2 is 2.53 bits per heavy atom. The lowest BCUT2D eigenvalue weighted by atomic mass is 10.2. The van der Waals surface area contributed by atoms with Crippen molar-refractivity contribution in [1.82, 2.24) is 15.5 Å². The molecule has 17 heavy (non-hydrogen) atoms. The van der Waals surface area contributed by atoms with E-state index in [1.807, 2.05) is 6.92 Å². The van der Waals surface area contributed by atoms with Crippen molar-refractivity contribution >= 4 is 22.9 Å². The van der Waals surface area contributed by atoms with Gasteiger partial charge in [0.2, 0.25) is 5.89 Å². The molecule has 1 N–H and O–H groups in total. The molecule has 2 heterocycles. The second kappa shape index (κ2) is 4.40. The molecule has 2 aromatic rings. The molecule has 0 saturated carbocycles. The summed E-state index contributed by atoms with van der Waals surface area (Å²) in [7, 11) is 0. The minimum absolute atomic E-state index is 0.362. The number of thiophene rings is 1. The summed E-state index contributed by atoms with van der Waals surface area (Å²) < 4.78 is 5.94. The first-order chi connectivity index (χ1) is 8.22. The molecule has 0 saturated heterocycles. The van der Waals surface area contributed by atoms with Crippen molar-refractivity contribution < 1.29 is 4.52 Å². The highest BCUT2D eigenvalue weighted by atomic mass is 35.5. The van der Waals surface area contributed by atoms with Crippen LogP contribution in [0.3, 0.4) is 0 Å². The van der Waals surface area contributed by atoms with Crippen molar-refractivity contribution in [3.8, 4) is 0 Å². The second-order valence-corrected chi connectivity index (χ2v) is 5.90. The maximum absolute atomic E-state index is 6.01. The quantitative estimate of drug-likeness (QED) is 0.931. The van der Waals surface area contributed by atoms with E-state index in [1.54, 1.807) is 11.3 Å². The number of aromatic nitrogens is 2. The van der Waals surface area contributed by atoms with Crippen LogP contribution in [-0.4, -0.2) is 10.1 Å². The van der Waals surface area contributed by atoms with Gasteiger partial charge in [0.15, 0.2) is 5.82 Å². The first-order valence-electron chi connectivity index (χ1n) is 5.53. The average molecular weight is 270 g/mol. The van der Waals surface area contributed by atoms with Gasteiger partial charge in [0.25, 0.3) is 0 Å². The minimum atomic E-state index is 0.362. The zero-order chi connectivity index (χ0) is 11.8. The highest BCUT2D eigenvalue weighted by molar-refractivity contribution is 7.16. The predicted molar refractivity (Wildman–Crippen MR) is 66.3 cm³/mol. The smallest absolute Gasteiger partial charge is 0.240 e. The molecule has 1 atom stereocenters. The van der Waals surface area contributed by atoms with Crippen LogP contribution in [0.4, 0.5) is 0 Å². The Bertz CT molecular complexity index is 537. The molecule has 0 bridgehead atoms. The van der Waals surface area contributed by atoms with E-state index in [0.29, 0.717) is 24.3 Å². The van der Waals surface area contributed by atoms with Gasteiger partial charge in [-0.1, -0.05) is 16.8 Å². The topological polar surface area (TPSA) is 51.0 Å². The van der Waals surface area contributed by atoms with E-state index in [0.717, 1.165) is 17.2 Å². The van der Waals surface area contributed by atoms with Crippen molar-refractivity contribution in [3.63, 3.8) is 0 Å². The van der Waals surface area contributed by atoms with Gasteiger partial charge >= 0.3 is 0 Å². The second-order valence-electron chi connectivity index (χ2n) is 4.14. The predicted octanol–water partition coefficient (Wildman–Crippen LogP) is 2.87. The first kappa shape index (κ1) is 11.2. The molecule has 1 unspecified atom stereocenters. The minimum Gasteiger partial charge on any atom is -0.338 e. The number of nitrogens with zero attached hydrogens (tertiary/aromatic N) is 2. The maximum atomic E-state index is 6.01. The van der Waals surface area contributed by atoms with Gasteiger partial charge in [0, 0.05) is 10.9 Å². The van der Waals surface area contributed by atoms with E-state index in [2.05, 4.69) is 21.5 Å². The lowest BCUT2D eigenvalue weighted by Gasteiger charge is -2.10. The van der Waals surface area contributed by atoms with Crippen molar-refractivity contribution in [2.75, 3.05) is 0 Å². The third-order valence-corrected chi connectivity index (χ3v) is 4.26. The van der Waals surface area contributed by atoms with Gasteiger partial charge in [-0.3, -0.25) is 0 Å². The maximum Gasteiger partial charge on any atom is 0.240 e. The van der Waals surface area contributed by atoms with Gasteiger partial charge in [-0.15, -0.1) is 11.3 Å². The van der Waals surface area contributed by atoms with Crippen LogP contribution < -0.4 is 5.32 Å². The molecular weight excluding hydrogens is 258 g/mol. The standard InChI is InChI=1S/C11H12ClN3OS/c1-6-14-11(16-15-6)5-13-8-2-3-9-7(8)4-10(12)17-9/h4,8,13H,2-3,5H2,1H3. The van der Waals surface area contributed by atoms with E-state index < -0.39 is 0 Å². The van der Waals surface area contributed by atoms with Crippen LogP contribution in [0.25, 0.3) is 0 Å². The summed E-state index contributed by atoms with van der Waals surface area (Å²) in [6.45, 7) is 2.43. The molecule has 0 spiro atoms. The summed E-state index contributed by atoms with van der Waals surface area (Å²) >= 11 is 7.69. The molecule has 4 nitrogen and oxygen atoms in total. The molecule has 6 heteroatoms. The Morgan fingerprint density at radius 1 is 1.65 bits per heavy atom. The van der Waals surface area contributed by atoms with Crippen LogP contribution >= 0.6 is 22.9 Å². The highest BCUT2D eigenvalue weighted by Gasteiger charge is 2.24. The van der Waals surface area contributed by atoms with Gasteiger partial charge in [-0.05, 0) is 31.4 Å².